The number of rotatable bonds is 0. The van der Waals surface area contributed by atoms with E-state index in [0.29, 0.717) is 0 Å². The van der Waals surface area contributed by atoms with Crippen molar-refractivity contribution in [2.45, 2.75) is 0 Å². The summed E-state index contributed by atoms with van der Waals surface area (Å²) in [5.41, 5.74) is 0. The zero-order valence-electron chi connectivity index (χ0n) is 3.50. The predicted molar refractivity (Wildman–Crippen MR) is 27.0 cm³/mol. The van der Waals surface area contributed by atoms with Crippen LogP contribution in [0.2, 0.25) is 0 Å². The van der Waals surface area contributed by atoms with Crippen LogP contribution in [0.1, 0.15) is 0 Å². The molecule has 0 rings (SSSR count). The third kappa shape index (κ3) is 1280. The van der Waals surface area contributed by atoms with Crippen molar-refractivity contribution in [2.24, 2.45) is 0 Å². The second kappa shape index (κ2) is 7.38. The molecule has 0 atom stereocenters. The van der Waals surface area contributed by atoms with Crippen LogP contribution < -0.4 is 0 Å². The standard InChI is InChI=1S/H3O3P.H2O3S/c2*1-4(2)3/h1-3H;(H2,1,2,3). The zero-order chi connectivity index (χ0) is 7.15. The molecule has 0 radical (unpaired) electrons. The summed E-state index contributed by atoms with van der Waals surface area (Å²) < 4.78 is 22.8. The first-order valence-corrected chi connectivity index (χ1v) is 3.40. The van der Waals surface area contributed by atoms with Crippen LogP contribution in [0.4, 0.5) is 0 Å². The van der Waals surface area contributed by atoms with Crippen molar-refractivity contribution < 1.29 is 28.0 Å². The lowest BCUT2D eigenvalue weighted by Crippen LogP contribution is -1.74. The van der Waals surface area contributed by atoms with Gasteiger partial charge in [-0.2, -0.15) is 4.21 Å². The van der Waals surface area contributed by atoms with Crippen molar-refractivity contribution in [1.29, 1.82) is 0 Å². The van der Waals surface area contributed by atoms with Gasteiger partial charge in [0.25, 0.3) is 11.4 Å². The minimum absolute atomic E-state index is 2.61. The molecule has 8 heteroatoms. The monoisotopic (exact) mass is 164 g/mol. The van der Waals surface area contributed by atoms with Crippen LogP contribution in [0, 0.1) is 0 Å². The van der Waals surface area contributed by atoms with Crippen molar-refractivity contribution >= 4 is 20.0 Å². The van der Waals surface area contributed by atoms with Gasteiger partial charge in [-0.05, 0) is 0 Å². The average Bonchev–Trinajstić information content (AvgIpc) is 1.25. The third-order valence-electron chi connectivity index (χ3n) is 0. The fourth-order valence-corrected chi connectivity index (χ4v) is 0. The van der Waals surface area contributed by atoms with Crippen molar-refractivity contribution in [3.8, 4) is 0 Å². The van der Waals surface area contributed by atoms with Gasteiger partial charge in [-0.25, -0.2) is 0 Å². The van der Waals surface area contributed by atoms with Gasteiger partial charge in [0.2, 0.25) is 0 Å². The maximum atomic E-state index is 8.67. The second-order valence-electron chi connectivity index (χ2n) is 0.499. The van der Waals surface area contributed by atoms with E-state index in [2.05, 4.69) is 0 Å². The molecule has 5 N–H and O–H groups in total. The highest BCUT2D eigenvalue weighted by atomic mass is 32.2. The van der Waals surface area contributed by atoms with Crippen LogP contribution in [0.3, 0.4) is 0 Å². The maximum absolute atomic E-state index is 8.67. The predicted octanol–water partition coefficient (Wildman–Crippen LogP) is -1.13. The molecule has 0 fully saturated rings. The number of hydrogen-bond acceptors (Lipinski definition) is 4. The quantitative estimate of drug-likeness (QED) is 0.228. The van der Waals surface area contributed by atoms with E-state index in [4.69, 9.17) is 28.0 Å². The highest BCUT2D eigenvalue weighted by molar-refractivity contribution is 7.73. The van der Waals surface area contributed by atoms with Gasteiger partial charge in [0, 0.05) is 0 Å². The molecule has 52 valence electrons. The van der Waals surface area contributed by atoms with Crippen molar-refractivity contribution in [3.63, 3.8) is 0 Å². The van der Waals surface area contributed by atoms with Crippen LogP contribution in [0.5, 0.6) is 0 Å². The molecular weight excluding hydrogens is 159 g/mol. The van der Waals surface area contributed by atoms with Crippen LogP contribution in [0.15, 0.2) is 0 Å². The Morgan fingerprint density at radius 3 is 1.12 bits per heavy atom. The van der Waals surface area contributed by atoms with Crippen LogP contribution in [-0.2, 0) is 11.4 Å². The summed E-state index contributed by atoms with van der Waals surface area (Å²) in [6.07, 6.45) is 0. The molecule has 8 heavy (non-hydrogen) atoms. The molecule has 0 spiro atoms. The lowest BCUT2D eigenvalue weighted by atomic mass is 15.8. The molecule has 0 heterocycles. The van der Waals surface area contributed by atoms with E-state index in [0.717, 1.165) is 0 Å². The zero-order valence-corrected chi connectivity index (χ0v) is 5.21. The molecule has 0 aliphatic carbocycles. The van der Waals surface area contributed by atoms with Gasteiger partial charge in [-0.15, -0.1) is 0 Å². The van der Waals surface area contributed by atoms with Gasteiger partial charge in [0.05, 0.1) is 0 Å². The Morgan fingerprint density at radius 1 is 1.12 bits per heavy atom. The molecule has 6 nitrogen and oxygen atoms in total. The summed E-state index contributed by atoms with van der Waals surface area (Å²) in [6.45, 7) is 0. The van der Waals surface area contributed by atoms with Gasteiger partial charge in [0.15, 0.2) is 0 Å². The lowest BCUT2D eigenvalue weighted by molar-refractivity contribution is 0.368. The van der Waals surface area contributed by atoms with E-state index in [9.17, 15) is 0 Å². The molecule has 0 amide bonds. The van der Waals surface area contributed by atoms with Gasteiger partial charge in [-0.1, -0.05) is 0 Å². The fraction of sp³-hybridized carbons (Fsp3) is 0. The van der Waals surface area contributed by atoms with Crippen molar-refractivity contribution in [3.05, 3.63) is 0 Å². The summed E-state index contributed by atoms with van der Waals surface area (Å²) in [7, 11) is -2.62. The van der Waals surface area contributed by atoms with Gasteiger partial charge in [-0.3, -0.25) is 9.11 Å². The van der Waals surface area contributed by atoms with E-state index >= 15 is 0 Å². The Kier molecular flexibility index (Phi) is 10.3. The first kappa shape index (κ1) is 11.2. The molecule has 0 saturated carbocycles. The first-order chi connectivity index (χ1) is 3.46. The summed E-state index contributed by atoms with van der Waals surface area (Å²) in [5, 5.41) is 0. The normalized spacial score (nSPS) is 8.88. The summed E-state index contributed by atoms with van der Waals surface area (Å²) in [5.74, 6) is 0. The molecule has 0 saturated heterocycles. The van der Waals surface area contributed by atoms with Gasteiger partial charge < -0.3 is 14.7 Å². The van der Waals surface area contributed by atoms with E-state index < -0.39 is 20.0 Å². The molecule has 0 aromatic rings. The van der Waals surface area contributed by atoms with Crippen LogP contribution in [0.25, 0.3) is 0 Å². The molecule has 0 bridgehead atoms. The van der Waals surface area contributed by atoms with Gasteiger partial charge >= 0.3 is 8.60 Å². The Labute approximate surface area is 48.9 Å². The van der Waals surface area contributed by atoms with E-state index in [1.54, 1.807) is 0 Å². The molecule has 0 aromatic carbocycles. The summed E-state index contributed by atoms with van der Waals surface area (Å²) in [4.78, 5) is 21.7. The molecule has 0 unspecified atom stereocenters. The highest BCUT2D eigenvalue weighted by Gasteiger charge is 1.76. The van der Waals surface area contributed by atoms with Crippen molar-refractivity contribution in [1.82, 2.24) is 0 Å². The van der Waals surface area contributed by atoms with E-state index in [1.807, 2.05) is 0 Å². The third-order valence-corrected chi connectivity index (χ3v) is 0. The van der Waals surface area contributed by atoms with Crippen molar-refractivity contribution in [2.75, 3.05) is 0 Å². The first-order valence-electron chi connectivity index (χ1n) is 1.13. The topological polar surface area (TPSA) is 118 Å². The fourth-order valence-electron chi connectivity index (χ4n) is 0. The average molecular weight is 164 g/mol. The van der Waals surface area contributed by atoms with Gasteiger partial charge in [0.1, 0.15) is 0 Å². The Bertz CT molecular complexity index is 52.8. The Morgan fingerprint density at radius 2 is 1.12 bits per heavy atom. The van der Waals surface area contributed by atoms with Crippen LogP contribution in [-0.4, -0.2) is 28.0 Å². The largest absolute Gasteiger partial charge is 0.328 e. The van der Waals surface area contributed by atoms with E-state index in [1.165, 1.54) is 0 Å². The Hall–Kier alpha value is 0.380. The Balaban J connectivity index is 0. The van der Waals surface area contributed by atoms with Crippen LogP contribution >= 0.6 is 8.60 Å². The summed E-state index contributed by atoms with van der Waals surface area (Å²) >= 11 is -2.61. The number of hydrogen-bond donors (Lipinski definition) is 5. The molecule has 0 aliphatic rings. The minimum atomic E-state index is -2.62. The molecule has 0 aliphatic heterocycles. The lowest BCUT2D eigenvalue weighted by Gasteiger charge is -1.76. The van der Waals surface area contributed by atoms with E-state index in [-0.39, 0.29) is 0 Å². The SMILES string of the molecule is O=S(O)O.OP(O)O. The summed E-state index contributed by atoms with van der Waals surface area (Å²) in [6, 6.07) is 0. The maximum Gasteiger partial charge on any atom is 0.324 e. The molecule has 0 aromatic heterocycles. The molecular formula is H5O6PS. The smallest absolute Gasteiger partial charge is 0.324 e. The second-order valence-corrected chi connectivity index (χ2v) is 1.50. The highest BCUT2D eigenvalue weighted by Crippen LogP contribution is 2.11. The minimum Gasteiger partial charge on any atom is -0.328 e.